The van der Waals surface area contributed by atoms with E-state index in [2.05, 4.69) is 0 Å². The number of hydrogen-bond acceptors (Lipinski definition) is 1. The minimum absolute atomic E-state index is 0.0394. The normalized spacial score (nSPS) is 10.9. The van der Waals surface area contributed by atoms with Gasteiger partial charge in [-0.15, -0.1) is 11.6 Å². The van der Waals surface area contributed by atoms with Crippen molar-refractivity contribution in [1.29, 1.82) is 0 Å². The summed E-state index contributed by atoms with van der Waals surface area (Å²) in [5.41, 5.74) is 0. The number of halogens is 4. The Bertz CT molecular complexity index is 79.1. The first-order valence-corrected chi connectivity index (χ1v) is 4.74. The van der Waals surface area contributed by atoms with E-state index in [0.29, 0.717) is 12.5 Å². The van der Waals surface area contributed by atoms with E-state index in [1.807, 2.05) is 13.8 Å². The van der Waals surface area contributed by atoms with Gasteiger partial charge in [0.15, 0.2) is 0 Å². The summed E-state index contributed by atoms with van der Waals surface area (Å²) in [4.78, 5) is 0. The van der Waals surface area contributed by atoms with E-state index in [0.717, 1.165) is 0 Å². The largest absolute Gasteiger partial charge is 0.396 e. The second-order valence-corrected chi connectivity index (χ2v) is 5.11. The van der Waals surface area contributed by atoms with E-state index < -0.39 is 3.79 Å². The highest BCUT2D eigenvalue weighted by Crippen LogP contribution is 2.26. The molecule has 0 saturated carbocycles. The molecule has 1 N–H and O–H groups in total. The lowest BCUT2D eigenvalue weighted by Crippen LogP contribution is -2.01. The maximum atomic E-state index is 8.14. The number of hydrogen-bond donors (Lipinski definition) is 1. The van der Waals surface area contributed by atoms with Gasteiger partial charge in [-0.2, -0.15) is 0 Å². The van der Waals surface area contributed by atoms with Gasteiger partial charge in [0, 0.05) is 6.61 Å². The number of alkyl halides is 4. The number of aliphatic hydroxyl groups excluding tert-OH is 1. The van der Waals surface area contributed by atoms with Crippen molar-refractivity contribution >= 4 is 46.4 Å². The van der Waals surface area contributed by atoms with Crippen LogP contribution in [0.25, 0.3) is 0 Å². The van der Waals surface area contributed by atoms with Crippen LogP contribution in [-0.4, -0.2) is 21.4 Å². The average Bonchev–Trinajstić information content (AvgIpc) is 1.88. The van der Waals surface area contributed by atoms with Gasteiger partial charge < -0.3 is 5.11 Å². The van der Waals surface area contributed by atoms with Gasteiger partial charge in [0.25, 0.3) is 0 Å². The molecule has 70 valence electrons. The minimum atomic E-state index is -1.28. The zero-order valence-electron chi connectivity index (χ0n) is 6.45. The first kappa shape index (κ1) is 14.6. The fourth-order valence-corrected chi connectivity index (χ4v) is 0. The van der Waals surface area contributed by atoms with Crippen molar-refractivity contribution in [3.8, 4) is 0 Å². The Balaban J connectivity index is 0. The second kappa shape index (κ2) is 7.75. The van der Waals surface area contributed by atoms with Gasteiger partial charge in [-0.05, 0) is 5.92 Å². The third-order valence-corrected chi connectivity index (χ3v) is 1.73. The molecule has 0 atom stereocenters. The summed E-state index contributed by atoms with van der Waals surface area (Å²) in [6.45, 7) is 4.25. The Morgan fingerprint density at radius 2 is 1.45 bits per heavy atom. The van der Waals surface area contributed by atoms with Crippen LogP contribution in [0.2, 0.25) is 0 Å². The summed E-state index contributed by atoms with van der Waals surface area (Å²) >= 11 is 20.4. The second-order valence-electron chi connectivity index (χ2n) is 2.33. The number of aliphatic hydroxyl groups is 1. The Labute approximate surface area is 87.6 Å². The number of rotatable bonds is 1. The molecular formula is C6H12Cl4O. The summed E-state index contributed by atoms with van der Waals surface area (Å²) < 4.78 is -1.28. The molecule has 0 aromatic rings. The first-order valence-electron chi connectivity index (χ1n) is 3.07. The van der Waals surface area contributed by atoms with Gasteiger partial charge in [-0.1, -0.05) is 48.7 Å². The van der Waals surface area contributed by atoms with Crippen LogP contribution in [0.1, 0.15) is 13.8 Å². The molecule has 0 aliphatic rings. The van der Waals surface area contributed by atoms with Crippen LogP contribution in [-0.2, 0) is 0 Å². The quantitative estimate of drug-likeness (QED) is 0.699. The SMILES string of the molecule is CC(C)CO.ClCC(Cl)(Cl)Cl. The summed E-state index contributed by atoms with van der Waals surface area (Å²) in [6.07, 6.45) is 0. The van der Waals surface area contributed by atoms with Gasteiger partial charge in [-0.25, -0.2) is 0 Å². The van der Waals surface area contributed by atoms with E-state index in [4.69, 9.17) is 51.5 Å². The lowest BCUT2D eigenvalue weighted by atomic mass is 10.2. The van der Waals surface area contributed by atoms with Crippen molar-refractivity contribution < 1.29 is 5.11 Å². The third kappa shape index (κ3) is 24.7. The summed E-state index contributed by atoms with van der Waals surface area (Å²) in [6, 6.07) is 0. The van der Waals surface area contributed by atoms with Gasteiger partial charge in [-0.3, -0.25) is 0 Å². The van der Waals surface area contributed by atoms with E-state index in [1.165, 1.54) is 0 Å². The van der Waals surface area contributed by atoms with Crippen LogP contribution >= 0.6 is 46.4 Å². The molecule has 0 saturated heterocycles. The summed E-state index contributed by atoms with van der Waals surface area (Å²) in [5.74, 6) is 0.479. The molecule has 0 bridgehead atoms. The van der Waals surface area contributed by atoms with Crippen LogP contribution in [0.15, 0.2) is 0 Å². The van der Waals surface area contributed by atoms with E-state index in [-0.39, 0.29) is 5.88 Å². The highest BCUT2D eigenvalue weighted by molar-refractivity contribution is 6.69. The molecule has 0 heterocycles. The fraction of sp³-hybridized carbons (Fsp3) is 1.00. The topological polar surface area (TPSA) is 20.2 Å². The molecule has 0 rings (SSSR count). The van der Waals surface area contributed by atoms with Crippen molar-refractivity contribution in [2.24, 2.45) is 5.92 Å². The van der Waals surface area contributed by atoms with Gasteiger partial charge in [0.1, 0.15) is 0 Å². The third-order valence-electron chi connectivity index (χ3n) is 0.517. The van der Waals surface area contributed by atoms with Crippen molar-refractivity contribution in [1.82, 2.24) is 0 Å². The zero-order valence-corrected chi connectivity index (χ0v) is 9.47. The van der Waals surface area contributed by atoms with Crippen molar-refractivity contribution in [2.75, 3.05) is 12.5 Å². The Kier molecular flexibility index (Phi) is 10.3. The molecule has 0 aromatic carbocycles. The van der Waals surface area contributed by atoms with E-state index in [1.54, 1.807) is 0 Å². The minimum Gasteiger partial charge on any atom is -0.396 e. The molecule has 0 aromatic heterocycles. The lowest BCUT2D eigenvalue weighted by molar-refractivity contribution is 0.248. The van der Waals surface area contributed by atoms with Gasteiger partial charge in [0.2, 0.25) is 3.79 Å². The van der Waals surface area contributed by atoms with Gasteiger partial charge in [0.05, 0.1) is 5.88 Å². The predicted molar refractivity (Wildman–Crippen MR) is 52.9 cm³/mol. The zero-order chi connectivity index (χ0) is 9.49. The van der Waals surface area contributed by atoms with Crippen molar-refractivity contribution in [2.45, 2.75) is 17.6 Å². The average molecular weight is 242 g/mol. The highest BCUT2D eigenvalue weighted by Gasteiger charge is 2.16. The van der Waals surface area contributed by atoms with Crippen LogP contribution < -0.4 is 0 Å². The van der Waals surface area contributed by atoms with Crippen LogP contribution in [0.3, 0.4) is 0 Å². The molecule has 1 nitrogen and oxygen atoms in total. The van der Waals surface area contributed by atoms with E-state index in [9.17, 15) is 0 Å². The summed E-state index contributed by atoms with van der Waals surface area (Å²) in [5, 5.41) is 8.14. The fourth-order valence-electron chi connectivity index (χ4n) is 0. The van der Waals surface area contributed by atoms with Crippen LogP contribution in [0.5, 0.6) is 0 Å². The Hall–Kier alpha value is 1.12. The van der Waals surface area contributed by atoms with E-state index >= 15 is 0 Å². The highest BCUT2D eigenvalue weighted by atomic mass is 35.6. The predicted octanol–water partition coefficient (Wildman–Crippen LogP) is 3.23. The molecule has 5 heteroatoms. The van der Waals surface area contributed by atoms with Crippen LogP contribution in [0, 0.1) is 5.92 Å². The molecule has 0 amide bonds. The molecule has 11 heavy (non-hydrogen) atoms. The molecule has 0 fully saturated rings. The molecule has 0 unspecified atom stereocenters. The standard InChI is InChI=1S/C4H10O.C2H2Cl4/c1-4(2)3-5;3-1-2(4,5)6/h4-5H,3H2,1-2H3;1H2. The summed E-state index contributed by atoms with van der Waals surface area (Å²) in [7, 11) is 0. The smallest absolute Gasteiger partial charge is 0.203 e. The maximum absolute atomic E-state index is 8.14. The molecule has 0 spiro atoms. The maximum Gasteiger partial charge on any atom is 0.203 e. The lowest BCUT2D eigenvalue weighted by Gasteiger charge is -2.00. The monoisotopic (exact) mass is 240 g/mol. The van der Waals surface area contributed by atoms with Crippen molar-refractivity contribution in [3.05, 3.63) is 0 Å². The molecule has 0 aliphatic carbocycles. The molecule has 0 radical (unpaired) electrons. The van der Waals surface area contributed by atoms with Crippen LogP contribution in [0.4, 0.5) is 0 Å². The Morgan fingerprint density at radius 3 is 1.45 bits per heavy atom. The first-order chi connectivity index (χ1) is 4.83. The van der Waals surface area contributed by atoms with Crippen molar-refractivity contribution in [3.63, 3.8) is 0 Å². The molecule has 0 aliphatic heterocycles. The Morgan fingerprint density at radius 1 is 1.27 bits per heavy atom. The molecular weight excluding hydrogens is 230 g/mol. The van der Waals surface area contributed by atoms with Gasteiger partial charge >= 0.3 is 0 Å².